The lowest BCUT2D eigenvalue weighted by molar-refractivity contribution is -0.142. The Morgan fingerprint density at radius 2 is 2.37 bits per heavy atom. The Labute approximate surface area is 115 Å². The number of carbonyl (C=O) groups excluding carboxylic acids is 1. The lowest BCUT2D eigenvalue weighted by Gasteiger charge is -2.17. The normalized spacial score (nSPS) is 13.8. The van der Waals surface area contributed by atoms with E-state index in [0.717, 1.165) is 5.75 Å². The Balaban J connectivity index is 2.53. The zero-order chi connectivity index (χ0) is 14.3. The van der Waals surface area contributed by atoms with Crippen molar-refractivity contribution in [1.29, 1.82) is 0 Å². The SMILES string of the molecule is CSCC[C@@H](N)C(=O)NC(Cc1cnc[nH]1)C(=O)O. The molecule has 1 rings (SSSR count). The van der Waals surface area contributed by atoms with Gasteiger partial charge < -0.3 is 21.1 Å². The van der Waals surface area contributed by atoms with E-state index in [1.807, 2.05) is 6.26 Å². The Kier molecular flexibility index (Phi) is 6.37. The average Bonchev–Trinajstić information content (AvgIpc) is 2.87. The number of aliphatic carboxylic acids is 1. The zero-order valence-electron chi connectivity index (χ0n) is 10.6. The molecule has 19 heavy (non-hydrogen) atoms. The molecule has 2 atom stereocenters. The molecule has 1 unspecified atom stereocenters. The van der Waals surface area contributed by atoms with E-state index < -0.39 is 24.0 Å². The topological polar surface area (TPSA) is 121 Å². The largest absolute Gasteiger partial charge is 0.480 e. The Morgan fingerprint density at radius 3 is 2.89 bits per heavy atom. The van der Waals surface area contributed by atoms with Gasteiger partial charge in [-0.25, -0.2) is 9.78 Å². The molecule has 0 aliphatic rings. The fraction of sp³-hybridized carbons (Fsp3) is 0.545. The minimum Gasteiger partial charge on any atom is -0.480 e. The van der Waals surface area contributed by atoms with E-state index >= 15 is 0 Å². The number of carboxylic acid groups (broad SMARTS) is 1. The van der Waals surface area contributed by atoms with E-state index in [2.05, 4.69) is 15.3 Å². The number of hydrogen-bond acceptors (Lipinski definition) is 5. The maximum atomic E-state index is 11.8. The first-order valence-corrected chi connectivity index (χ1v) is 7.19. The molecule has 0 spiro atoms. The van der Waals surface area contributed by atoms with Crippen LogP contribution in [-0.2, 0) is 16.0 Å². The van der Waals surface area contributed by atoms with Gasteiger partial charge in [-0.3, -0.25) is 4.79 Å². The van der Waals surface area contributed by atoms with Crippen LogP contribution >= 0.6 is 11.8 Å². The number of thioether (sulfide) groups is 1. The van der Waals surface area contributed by atoms with Crippen molar-refractivity contribution in [3.05, 3.63) is 18.2 Å². The van der Waals surface area contributed by atoms with E-state index in [9.17, 15) is 9.59 Å². The lowest BCUT2D eigenvalue weighted by Crippen LogP contribution is -2.49. The van der Waals surface area contributed by atoms with E-state index in [0.29, 0.717) is 12.1 Å². The first-order valence-electron chi connectivity index (χ1n) is 5.79. The van der Waals surface area contributed by atoms with Crippen molar-refractivity contribution >= 4 is 23.6 Å². The highest BCUT2D eigenvalue weighted by atomic mass is 32.2. The van der Waals surface area contributed by atoms with Crippen molar-refractivity contribution < 1.29 is 14.7 Å². The average molecular weight is 286 g/mol. The number of nitrogens with zero attached hydrogens (tertiary/aromatic N) is 1. The third kappa shape index (κ3) is 5.31. The van der Waals surface area contributed by atoms with Gasteiger partial charge in [-0.05, 0) is 18.4 Å². The first-order chi connectivity index (χ1) is 9.04. The Bertz CT molecular complexity index is 410. The Morgan fingerprint density at radius 1 is 1.63 bits per heavy atom. The third-order valence-corrected chi connectivity index (χ3v) is 3.21. The molecule has 0 aromatic carbocycles. The number of amides is 1. The lowest BCUT2D eigenvalue weighted by atomic mass is 10.1. The maximum Gasteiger partial charge on any atom is 0.326 e. The summed E-state index contributed by atoms with van der Waals surface area (Å²) in [5.74, 6) is -0.784. The second-order valence-electron chi connectivity index (χ2n) is 4.07. The maximum absolute atomic E-state index is 11.8. The summed E-state index contributed by atoms with van der Waals surface area (Å²) in [5, 5.41) is 11.5. The van der Waals surface area contributed by atoms with Gasteiger partial charge in [0.1, 0.15) is 6.04 Å². The number of H-pyrrole nitrogens is 1. The van der Waals surface area contributed by atoms with Gasteiger partial charge in [-0.15, -0.1) is 0 Å². The van der Waals surface area contributed by atoms with Gasteiger partial charge >= 0.3 is 5.97 Å². The van der Waals surface area contributed by atoms with Crippen LogP contribution in [0.1, 0.15) is 12.1 Å². The van der Waals surface area contributed by atoms with Crippen molar-refractivity contribution in [2.75, 3.05) is 12.0 Å². The van der Waals surface area contributed by atoms with E-state index in [-0.39, 0.29) is 6.42 Å². The van der Waals surface area contributed by atoms with Crippen LogP contribution in [0, 0.1) is 0 Å². The highest BCUT2D eigenvalue weighted by Gasteiger charge is 2.23. The van der Waals surface area contributed by atoms with Gasteiger partial charge in [0.2, 0.25) is 5.91 Å². The monoisotopic (exact) mass is 286 g/mol. The second-order valence-corrected chi connectivity index (χ2v) is 5.05. The number of carbonyl (C=O) groups is 2. The van der Waals surface area contributed by atoms with Crippen LogP contribution in [0.25, 0.3) is 0 Å². The van der Waals surface area contributed by atoms with Crippen molar-refractivity contribution in [3.8, 4) is 0 Å². The smallest absolute Gasteiger partial charge is 0.326 e. The van der Waals surface area contributed by atoms with Crippen LogP contribution in [0.4, 0.5) is 0 Å². The van der Waals surface area contributed by atoms with E-state index in [1.54, 1.807) is 11.8 Å². The molecular weight excluding hydrogens is 268 g/mol. The summed E-state index contributed by atoms with van der Waals surface area (Å²) in [5.41, 5.74) is 6.33. The molecule has 1 aromatic heterocycles. The summed E-state index contributed by atoms with van der Waals surface area (Å²) in [4.78, 5) is 29.5. The molecule has 1 aromatic rings. The summed E-state index contributed by atoms with van der Waals surface area (Å²) >= 11 is 1.59. The predicted octanol–water partition coefficient (Wildman–Crippen LogP) is -0.398. The summed E-state index contributed by atoms with van der Waals surface area (Å²) in [6.45, 7) is 0. The van der Waals surface area contributed by atoms with Gasteiger partial charge in [0.15, 0.2) is 0 Å². The minimum absolute atomic E-state index is 0.149. The summed E-state index contributed by atoms with van der Waals surface area (Å²) in [6.07, 6.45) is 5.57. The molecule has 8 heteroatoms. The number of nitrogens with two attached hydrogens (primary N) is 1. The summed E-state index contributed by atoms with van der Waals surface area (Å²) in [6, 6.07) is -1.69. The van der Waals surface area contributed by atoms with E-state index in [4.69, 9.17) is 10.8 Å². The molecule has 1 heterocycles. The minimum atomic E-state index is -1.10. The molecule has 1 amide bonds. The van der Waals surface area contributed by atoms with Crippen LogP contribution in [0.15, 0.2) is 12.5 Å². The molecular formula is C11H18N4O3S. The van der Waals surface area contributed by atoms with Crippen LogP contribution in [0.5, 0.6) is 0 Å². The highest BCUT2D eigenvalue weighted by molar-refractivity contribution is 7.98. The molecule has 5 N–H and O–H groups in total. The fourth-order valence-electron chi connectivity index (χ4n) is 1.47. The fourth-order valence-corrected chi connectivity index (χ4v) is 1.96. The number of imidazole rings is 1. The van der Waals surface area contributed by atoms with Gasteiger partial charge in [-0.1, -0.05) is 0 Å². The molecule has 0 bridgehead atoms. The van der Waals surface area contributed by atoms with Gasteiger partial charge in [0.25, 0.3) is 0 Å². The standard InChI is InChI=1S/C11H18N4O3S/c1-19-3-2-8(12)10(16)15-9(11(17)18)4-7-5-13-6-14-7/h5-6,8-9H,2-4,12H2,1H3,(H,13,14)(H,15,16)(H,17,18)/t8-,9?/m1/s1. The van der Waals surface area contributed by atoms with Gasteiger partial charge in [0, 0.05) is 18.3 Å². The second kappa shape index (κ2) is 7.80. The molecule has 0 fully saturated rings. The van der Waals surface area contributed by atoms with Crippen LogP contribution in [-0.4, -0.2) is 51.0 Å². The van der Waals surface area contributed by atoms with Gasteiger partial charge in [-0.2, -0.15) is 11.8 Å². The molecule has 7 nitrogen and oxygen atoms in total. The van der Waals surface area contributed by atoms with Gasteiger partial charge in [0.05, 0.1) is 12.4 Å². The molecule has 106 valence electrons. The quantitative estimate of drug-likeness (QED) is 0.516. The van der Waals surface area contributed by atoms with Crippen molar-refractivity contribution in [2.24, 2.45) is 5.73 Å². The van der Waals surface area contributed by atoms with Crippen LogP contribution < -0.4 is 11.1 Å². The molecule has 0 radical (unpaired) electrons. The van der Waals surface area contributed by atoms with E-state index in [1.165, 1.54) is 12.5 Å². The summed E-state index contributed by atoms with van der Waals surface area (Å²) < 4.78 is 0. The number of hydrogen-bond donors (Lipinski definition) is 4. The number of aromatic amines is 1. The number of rotatable bonds is 8. The van der Waals surface area contributed by atoms with Crippen molar-refractivity contribution in [3.63, 3.8) is 0 Å². The van der Waals surface area contributed by atoms with Crippen LogP contribution in [0.2, 0.25) is 0 Å². The molecule has 0 aliphatic carbocycles. The molecule has 0 saturated heterocycles. The highest BCUT2D eigenvalue weighted by Crippen LogP contribution is 2.02. The zero-order valence-corrected chi connectivity index (χ0v) is 11.4. The predicted molar refractivity (Wildman–Crippen MR) is 72.8 cm³/mol. The third-order valence-electron chi connectivity index (χ3n) is 2.56. The number of aromatic nitrogens is 2. The molecule has 0 aliphatic heterocycles. The Hall–Kier alpha value is -1.54. The first kappa shape index (κ1) is 15.5. The summed E-state index contributed by atoms with van der Waals surface area (Å²) in [7, 11) is 0. The van der Waals surface area contributed by atoms with Crippen molar-refractivity contribution in [2.45, 2.75) is 24.9 Å². The van der Waals surface area contributed by atoms with Crippen molar-refractivity contribution in [1.82, 2.24) is 15.3 Å². The molecule has 0 saturated carbocycles. The number of nitrogens with one attached hydrogen (secondary N) is 2. The number of carboxylic acids is 1. The van der Waals surface area contributed by atoms with Crippen LogP contribution in [0.3, 0.4) is 0 Å².